The number of halogens is 3. The summed E-state index contributed by atoms with van der Waals surface area (Å²) in [7, 11) is 0. The van der Waals surface area contributed by atoms with Crippen molar-refractivity contribution in [3.63, 3.8) is 0 Å². The number of aromatic nitrogens is 1. The Morgan fingerprint density at radius 2 is 1.83 bits per heavy atom. The molecule has 5 aliphatic rings. The van der Waals surface area contributed by atoms with E-state index >= 15 is 0 Å². The van der Waals surface area contributed by atoms with Crippen molar-refractivity contribution in [1.82, 2.24) is 15.2 Å². The minimum absolute atomic E-state index is 0.231. The Labute approximate surface area is 210 Å². The number of nitrogens with one attached hydrogen (secondary N) is 1. The van der Waals surface area contributed by atoms with Crippen LogP contribution in [0.1, 0.15) is 51.5 Å². The van der Waals surface area contributed by atoms with Crippen molar-refractivity contribution in [2.24, 2.45) is 33.9 Å². The maximum Gasteiger partial charge on any atom is 0.417 e. The molecule has 0 aromatic carbocycles. The zero-order chi connectivity index (χ0) is 25.7. The number of piperazine rings is 1. The van der Waals surface area contributed by atoms with Crippen LogP contribution >= 0.6 is 0 Å². The standard InChI is InChI=1S/C26H36F3N7/c1-24(2,36-7-5-35(6-8-36)21-4-3-20(14-32-21)26(27,28)29)23(33-16-31)34-22-18-9-17-10-19(22)13-25(11-17,12-18)15-30/h3-4,14,17-19,22H,5-13,15,30H2,1-2H3,(H,33,34). The van der Waals surface area contributed by atoms with Crippen LogP contribution in [0.15, 0.2) is 23.3 Å². The second-order valence-corrected chi connectivity index (χ2v) is 11.8. The lowest BCUT2D eigenvalue weighted by molar-refractivity contribution is -0.137. The van der Waals surface area contributed by atoms with Crippen molar-refractivity contribution in [3.8, 4) is 6.19 Å². The van der Waals surface area contributed by atoms with Gasteiger partial charge in [0.2, 0.25) is 0 Å². The van der Waals surface area contributed by atoms with E-state index in [-0.39, 0.29) is 6.04 Å². The van der Waals surface area contributed by atoms with E-state index in [9.17, 15) is 18.4 Å². The summed E-state index contributed by atoms with van der Waals surface area (Å²) < 4.78 is 38.6. The van der Waals surface area contributed by atoms with Gasteiger partial charge in [-0.3, -0.25) is 15.2 Å². The predicted molar refractivity (Wildman–Crippen MR) is 132 cm³/mol. The molecule has 196 valence electrons. The largest absolute Gasteiger partial charge is 0.417 e. The van der Waals surface area contributed by atoms with Gasteiger partial charge >= 0.3 is 6.18 Å². The number of anilines is 1. The normalized spacial score (nSPS) is 33.0. The van der Waals surface area contributed by atoms with Gasteiger partial charge in [-0.25, -0.2) is 4.98 Å². The Kier molecular flexibility index (Phi) is 6.44. The number of nitrogens with two attached hydrogens (primary N) is 1. The molecule has 10 heteroatoms. The van der Waals surface area contributed by atoms with Gasteiger partial charge in [-0.15, -0.1) is 0 Å². The van der Waals surface area contributed by atoms with Crippen molar-refractivity contribution in [2.45, 2.75) is 63.7 Å². The van der Waals surface area contributed by atoms with Gasteiger partial charge in [0.25, 0.3) is 0 Å². The highest BCUT2D eigenvalue weighted by molar-refractivity contribution is 5.92. The summed E-state index contributed by atoms with van der Waals surface area (Å²) in [6.45, 7) is 7.61. The van der Waals surface area contributed by atoms with Crippen LogP contribution in [0.3, 0.4) is 0 Å². The second-order valence-electron chi connectivity index (χ2n) is 11.8. The molecule has 2 unspecified atom stereocenters. The summed E-state index contributed by atoms with van der Waals surface area (Å²) in [4.78, 5) is 13.6. The van der Waals surface area contributed by atoms with Gasteiger partial charge in [-0.05, 0) is 87.8 Å². The molecular formula is C26H36F3N7. The molecular weight excluding hydrogens is 467 g/mol. The molecule has 1 saturated heterocycles. The fraction of sp³-hybridized carbons (Fsp3) is 0.731. The summed E-state index contributed by atoms with van der Waals surface area (Å²) in [6.07, 6.45) is 4.60. The molecule has 2 atom stereocenters. The lowest BCUT2D eigenvalue weighted by atomic mass is 9.48. The zero-order valence-corrected chi connectivity index (χ0v) is 21.1. The summed E-state index contributed by atoms with van der Waals surface area (Å²) in [5.74, 6) is 3.10. The van der Waals surface area contributed by atoms with Gasteiger partial charge < -0.3 is 10.6 Å². The van der Waals surface area contributed by atoms with Crippen LogP contribution in [0.5, 0.6) is 0 Å². The molecule has 1 aromatic heterocycles. The van der Waals surface area contributed by atoms with Crippen LogP contribution in [-0.4, -0.2) is 60.0 Å². The number of hydrogen-bond acceptors (Lipinski definition) is 6. The minimum atomic E-state index is -4.39. The van der Waals surface area contributed by atoms with Crippen LogP contribution in [0.2, 0.25) is 0 Å². The van der Waals surface area contributed by atoms with Crippen LogP contribution < -0.4 is 16.0 Å². The van der Waals surface area contributed by atoms with Crippen molar-refractivity contribution >= 4 is 11.7 Å². The molecule has 4 aliphatic carbocycles. The van der Waals surface area contributed by atoms with E-state index in [1.165, 1.54) is 25.3 Å². The Hall–Kier alpha value is -2.38. The summed E-state index contributed by atoms with van der Waals surface area (Å²) in [5, 5.41) is 12.5. The van der Waals surface area contributed by atoms with E-state index in [1.54, 1.807) is 0 Å². The molecule has 6 rings (SSSR count). The molecule has 1 aliphatic heterocycles. The number of nitrogens with zero attached hydrogens (tertiary/aromatic N) is 5. The third kappa shape index (κ3) is 4.56. The third-order valence-corrected chi connectivity index (χ3v) is 9.28. The topological polar surface area (TPSA) is 93.6 Å². The summed E-state index contributed by atoms with van der Waals surface area (Å²) in [6, 6.07) is 2.75. The minimum Gasteiger partial charge on any atom is -0.354 e. The number of hydrogen-bond donors (Lipinski definition) is 2. The molecule has 5 fully saturated rings. The number of rotatable bonds is 5. The smallest absolute Gasteiger partial charge is 0.354 e. The fourth-order valence-electron chi connectivity index (χ4n) is 7.56. The van der Waals surface area contributed by atoms with Crippen LogP contribution in [-0.2, 0) is 6.18 Å². The Morgan fingerprint density at radius 3 is 2.36 bits per heavy atom. The van der Waals surface area contributed by atoms with Crippen LogP contribution in [0.25, 0.3) is 0 Å². The Morgan fingerprint density at radius 1 is 1.17 bits per heavy atom. The van der Waals surface area contributed by atoms with Crippen LogP contribution in [0.4, 0.5) is 19.0 Å². The quantitative estimate of drug-likeness (QED) is 0.276. The Balaban J connectivity index is 1.28. The van der Waals surface area contributed by atoms with Gasteiger partial charge in [0, 0.05) is 32.4 Å². The van der Waals surface area contributed by atoms with E-state index in [4.69, 9.17) is 10.7 Å². The monoisotopic (exact) mass is 503 g/mol. The van der Waals surface area contributed by atoms with E-state index in [0.717, 1.165) is 37.6 Å². The molecule has 7 nitrogen and oxygen atoms in total. The summed E-state index contributed by atoms with van der Waals surface area (Å²) >= 11 is 0. The molecule has 1 aromatic rings. The average Bonchev–Trinajstić information content (AvgIpc) is 2.85. The predicted octanol–water partition coefficient (Wildman–Crippen LogP) is 3.62. The van der Waals surface area contributed by atoms with Crippen molar-refractivity contribution in [3.05, 3.63) is 23.9 Å². The Bertz CT molecular complexity index is 1010. The number of nitriles is 1. The van der Waals surface area contributed by atoms with Gasteiger partial charge in [0.05, 0.1) is 17.1 Å². The van der Waals surface area contributed by atoms with Crippen molar-refractivity contribution < 1.29 is 13.2 Å². The molecule has 36 heavy (non-hydrogen) atoms. The van der Waals surface area contributed by atoms with Gasteiger partial charge in [0.1, 0.15) is 11.7 Å². The van der Waals surface area contributed by atoms with E-state index < -0.39 is 17.3 Å². The third-order valence-electron chi connectivity index (χ3n) is 9.28. The lowest BCUT2D eigenvalue weighted by Crippen LogP contribution is -2.61. The number of amidine groups is 1. The first-order chi connectivity index (χ1) is 17.0. The molecule has 0 amide bonds. The SMILES string of the molecule is CC(C)(C(=NC1C2CC3CC1CC(CN)(C3)C2)NC#N)N1CCN(c2ccc(C(F)(F)F)cn2)CC1. The van der Waals surface area contributed by atoms with Gasteiger partial charge in [0.15, 0.2) is 6.19 Å². The number of alkyl halides is 3. The number of aliphatic imine (C=N–C) groups is 1. The summed E-state index contributed by atoms with van der Waals surface area (Å²) in [5.41, 5.74) is 5.29. The van der Waals surface area contributed by atoms with Crippen molar-refractivity contribution in [1.29, 1.82) is 5.26 Å². The van der Waals surface area contributed by atoms with E-state index in [1.807, 2.05) is 4.90 Å². The van der Waals surface area contributed by atoms with E-state index in [2.05, 4.69) is 35.2 Å². The van der Waals surface area contributed by atoms with E-state index in [0.29, 0.717) is 55.1 Å². The van der Waals surface area contributed by atoms with Crippen molar-refractivity contribution in [2.75, 3.05) is 37.6 Å². The fourth-order valence-corrected chi connectivity index (χ4v) is 7.56. The second kappa shape index (κ2) is 9.18. The maximum absolute atomic E-state index is 12.9. The first-order valence-electron chi connectivity index (χ1n) is 13.0. The van der Waals surface area contributed by atoms with Crippen LogP contribution in [0, 0.1) is 34.6 Å². The molecule has 4 saturated carbocycles. The highest BCUT2D eigenvalue weighted by Gasteiger charge is 2.55. The maximum atomic E-state index is 12.9. The zero-order valence-electron chi connectivity index (χ0n) is 21.1. The first kappa shape index (κ1) is 25.3. The molecule has 0 radical (unpaired) electrons. The first-order valence-corrected chi connectivity index (χ1v) is 13.0. The molecule has 3 N–H and O–H groups in total. The highest BCUT2D eigenvalue weighted by atomic mass is 19.4. The average molecular weight is 504 g/mol. The van der Waals surface area contributed by atoms with Gasteiger partial charge in [-0.2, -0.15) is 18.4 Å². The molecule has 4 bridgehead atoms. The highest BCUT2D eigenvalue weighted by Crippen LogP contribution is 2.60. The van der Waals surface area contributed by atoms with Gasteiger partial charge in [-0.1, -0.05) is 0 Å². The molecule has 2 heterocycles. The molecule has 0 spiro atoms. The lowest BCUT2D eigenvalue weighted by Gasteiger charge is -2.59. The number of pyridine rings is 1.